The summed E-state index contributed by atoms with van der Waals surface area (Å²) in [5.41, 5.74) is 2.95. The minimum atomic E-state index is -0.306. The molecule has 1 aliphatic rings. The summed E-state index contributed by atoms with van der Waals surface area (Å²) in [5, 5.41) is 2.76. The zero-order valence-corrected chi connectivity index (χ0v) is 12.2. The molecule has 20 heavy (non-hydrogen) atoms. The van der Waals surface area contributed by atoms with Crippen LogP contribution in [0.3, 0.4) is 0 Å². The first-order valence-corrected chi connectivity index (χ1v) is 7.49. The van der Waals surface area contributed by atoms with Crippen molar-refractivity contribution in [2.45, 2.75) is 32.7 Å². The minimum Gasteiger partial charge on any atom is -0.450 e. The van der Waals surface area contributed by atoms with Crippen molar-refractivity contribution in [3.05, 3.63) is 35.4 Å². The van der Waals surface area contributed by atoms with E-state index in [1.807, 2.05) is 6.92 Å². The van der Waals surface area contributed by atoms with Gasteiger partial charge in [-0.05, 0) is 43.9 Å². The minimum absolute atomic E-state index is 0.306. The van der Waals surface area contributed by atoms with Gasteiger partial charge in [0.05, 0.1) is 6.61 Å². The second-order valence-corrected chi connectivity index (χ2v) is 5.15. The summed E-state index contributed by atoms with van der Waals surface area (Å²) >= 11 is 0. The standard InChI is InChI=1S/C16H24N2O2/c1-2-20-16(19)17-10-5-6-11-18-12-9-14-7-3-4-8-15(14)13-18/h3-4,7-8H,2,5-6,9-13H2,1H3,(H,17,19). The predicted molar refractivity (Wildman–Crippen MR) is 79.7 cm³/mol. The number of amides is 1. The van der Waals surface area contributed by atoms with Gasteiger partial charge in [-0.25, -0.2) is 4.79 Å². The summed E-state index contributed by atoms with van der Waals surface area (Å²) in [7, 11) is 0. The molecule has 0 saturated heterocycles. The Hall–Kier alpha value is -1.55. The van der Waals surface area contributed by atoms with Crippen molar-refractivity contribution < 1.29 is 9.53 Å². The number of unbranched alkanes of at least 4 members (excludes halogenated alkanes) is 1. The summed E-state index contributed by atoms with van der Waals surface area (Å²) in [6, 6.07) is 8.70. The molecule has 1 heterocycles. The lowest BCUT2D eigenvalue weighted by Crippen LogP contribution is -2.32. The molecule has 110 valence electrons. The number of rotatable bonds is 6. The molecule has 0 aromatic heterocycles. The molecular weight excluding hydrogens is 252 g/mol. The lowest BCUT2D eigenvalue weighted by atomic mass is 10.00. The average Bonchev–Trinajstić information content (AvgIpc) is 2.47. The summed E-state index contributed by atoms with van der Waals surface area (Å²) in [5.74, 6) is 0. The van der Waals surface area contributed by atoms with Crippen LogP contribution in [0.4, 0.5) is 4.79 Å². The average molecular weight is 276 g/mol. The summed E-state index contributed by atoms with van der Waals surface area (Å²) in [4.78, 5) is 13.6. The van der Waals surface area contributed by atoms with E-state index in [0.29, 0.717) is 13.2 Å². The Kier molecular flexibility index (Phi) is 5.87. The van der Waals surface area contributed by atoms with Crippen molar-refractivity contribution >= 4 is 6.09 Å². The first-order chi connectivity index (χ1) is 9.79. The fourth-order valence-electron chi connectivity index (χ4n) is 2.58. The van der Waals surface area contributed by atoms with E-state index in [0.717, 1.165) is 38.9 Å². The van der Waals surface area contributed by atoms with E-state index in [1.54, 1.807) is 0 Å². The molecule has 1 aromatic carbocycles. The monoisotopic (exact) mass is 276 g/mol. The number of nitrogens with zero attached hydrogens (tertiary/aromatic N) is 1. The Bertz CT molecular complexity index is 434. The Labute approximate surface area is 121 Å². The van der Waals surface area contributed by atoms with Crippen molar-refractivity contribution in [1.82, 2.24) is 10.2 Å². The Morgan fingerprint density at radius 3 is 2.90 bits per heavy atom. The molecule has 4 nitrogen and oxygen atoms in total. The number of alkyl carbamates (subject to hydrolysis) is 1. The highest BCUT2D eigenvalue weighted by molar-refractivity contribution is 5.66. The zero-order chi connectivity index (χ0) is 14.2. The van der Waals surface area contributed by atoms with Gasteiger partial charge in [-0.1, -0.05) is 24.3 Å². The van der Waals surface area contributed by atoms with Crippen LogP contribution in [-0.4, -0.2) is 37.2 Å². The number of ether oxygens (including phenoxy) is 1. The van der Waals surface area contributed by atoms with Crippen molar-refractivity contribution in [2.24, 2.45) is 0 Å². The molecule has 1 N–H and O–H groups in total. The van der Waals surface area contributed by atoms with Gasteiger partial charge in [0.2, 0.25) is 0 Å². The molecule has 2 rings (SSSR count). The molecule has 0 fully saturated rings. The van der Waals surface area contributed by atoms with Crippen LogP contribution in [0.25, 0.3) is 0 Å². The molecule has 1 aromatic rings. The van der Waals surface area contributed by atoms with Crippen LogP contribution < -0.4 is 5.32 Å². The molecule has 0 atom stereocenters. The van der Waals surface area contributed by atoms with Gasteiger partial charge in [0.15, 0.2) is 0 Å². The van der Waals surface area contributed by atoms with Crippen LogP contribution in [0.2, 0.25) is 0 Å². The van der Waals surface area contributed by atoms with Crippen LogP contribution in [0.15, 0.2) is 24.3 Å². The van der Waals surface area contributed by atoms with Gasteiger partial charge in [0.25, 0.3) is 0 Å². The van der Waals surface area contributed by atoms with Gasteiger partial charge in [-0.15, -0.1) is 0 Å². The van der Waals surface area contributed by atoms with Crippen molar-refractivity contribution in [3.63, 3.8) is 0 Å². The maximum Gasteiger partial charge on any atom is 0.407 e. The summed E-state index contributed by atoms with van der Waals surface area (Å²) in [6.07, 6.45) is 2.95. The van der Waals surface area contributed by atoms with Gasteiger partial charge in [-0.3, -0.25) is 4.90 Å². The molecule has 4 heteroatoms. The van der Waals surface area contributed by atoms with Crippen LogP contribution in [0.5, 0.6) is 0 Å². The van der Waals surface area contributed by atoms with Crippen molar-refractivity contribution in [2.75, 3.05) is 26.2 Å². The maximum atomic E-state index is 11.1. The van der Waals surface area contributed by atoms with E-state index in [4.69, 9.17) is 4.74 Å². The fraction of sp³-hybridized carbons (Fsp3) is 0.562. The van der Waals surface area contributed by atoms with E-state index in [2.05, 4.69) is 34.5 Å². The molecule has 0 spiro atoms. The second-order valence-electron chi connectivity index (χ2n) is 5.15. The SMILES string of the molecule is CCOC(=O)NCCCCN1CCc2ccccc2C1. The normalized spacial score (nSPS) is 14.7. The smallest absolute Gasteiger partial charge is 0.407 e. The molecule has 0 radical (unpaired) electrons. The lowest BCUT2D eigenvalue weighted by Gasteiger charge is -2.28. The third-order valence-corrected chi connectivity index (χ3v) is 3.66. The highest BCUT2D eigenvalue weighted by Gasteiger charge is 2.14. The summed E-state index contributed by atoms with van der Waals surface area (Å²) in [6.45, 7) is 6.23. The molecule has 0 saturated carbocycles. The lowest BCUT2D eigenvalue weighted by molar-refractivity contribution is 0.152. The van der Waals surface area contributed by atoms with Gasteiger partial charge in [0.1, 0.15) is 0 Å². The van der Waals surface area contributed by atoms with E-state index in [1.165, 1.54) is 11.1 Å². The molecule has 0 bridgehead atoms. The number of nitrogens with one attached hydrogen (secondary N) is 1. The highest BCUT2D eigenvalue weighted by atomic mass is 16.5. The molecule has 1 aliphatic heterocycles. The van der Waals surface area contributed by atoms with Crippen molar-refractivity contribution in [1.29, 1.82) is 0 Å². The predicted octanol–water partition coefficient (Wildman–Crippen LogP) is 2.57. The molecular formula is C16H24N2O2. The number of benzene rings is 1. The number of hydrogen-bond acceptors (Lipinski definition) is 3. The quantitative estimate of drug-likeness (QED) is 0.812. The third kappa shape index (κ3) is 4.53. The van der Waals surface area contributed by atoms with E-state index >= 15 is 0 Å². The fourth-order valence-corrected chi connectivity index (χ4v) is 2.58. The number of hydrogen-bond donors (Lipinski definition) is 1. The number of carbonyl (C=O) groups excluding carboxylic acids is 1. The van der Waals surface area contributed by atoms with Gasteiger partial charge >= 0.3 is 6.09 Å². The molecule has 0 aliphatic carbocycles. The van der Waals surface area contributed by atoms with Crippen LogP contribution in [0.1, 0.15) is 30.9 Å². The zero-order valence-electron chi connectivity index (χ0n) is 12.2. The van der Waals surface area contributed by atoms with Gasteiger partial charge < -0.3 is 10.1 Å². The number of carbonyl (C=O) groups is 1. The Balaban J connectivity index is 1.61. The first kappa shape index (κ1) is 14.9. The van der Waals surface area contributed by atoms with Crippen LogP contribution in [0, 0.1) is 0 Å². The molecule has 0 unspecified atom stereocenters. The Morgan fingerprint density at radius 2 is 2.10 bits per heavy atom. The van der Waals surface area contributed by atoms with Crippen molar-refractivity contribution in [3.8, 4) is 0 Å². The second kappa shape index (κ2) is 7.90. The van der Waals surface area contributed by atoms with Crippen LogP contribution in [-0.2, 0) is 17.7 Å². The highest BCUT2D eigenvalue weighted by Crippen LogP contribution is 2.18. The maximum absolute atomic E-state index is 11.1. The molecule has 1 amide bonds. The Morgan fingerprint density at radius 1 is 1.30 bits per heavy atom. The largest absolute Gasteiger partial charge is 0.450 e. The van der Waals surface area contributed by atoms with Gasteiger partial charge in [-0.2, -0.15) is 0 Å². The summed E-state index contributed by atoms with van der Waals surface area (Å²) < 4.78 is 4.82. The van der Waals surface area contributed by atoms with E-state index < -0.39 is 0 Å². The van der Waals surface area contributed by atoms with Gasteiger partial charge in [0, 0.05) is 19.6 Å². The van der Waals surface area contributed by atoms with E-state index in [-0.39, 0.29) is 6.09 Å². The first-order valence-electron chi connectivity index (χ1n) is 7.49. The van der Waals surface area contributed by atoms with E-state index in [9.17, 15) is 4.79 Å². The topological polar surface area (TPSA) is 41.6 Å². The van der Waals surface area contributed by atoms with Crippen LogP contribution >= 0.6 is 0 Å². The number of fused-ring (bicyclic) bond motifs is 1. The third-order valence-electron chi connectivity index (χ3n) is 3.66.